The zero-order chi connectivity index (χ0) is 18.9. The number of amides is 2. The average Bonchev–Trinajstić information content (AvgIpc) is 2.84. The fourth-order valence-corrected chi connectivity index (χ4v) is 3.43. The topological polar surface area (TPSA) is 59.1 Å². The summed E-state index contributed by atoms with van der Waals surface area (Å²) in [5.74, 6) is 0. The molecule has 26 heavy (non-hydrogen) atoms. The molecule has 0 saturated carbocycles. The van der Waals surface area contributed by atoms with Crippen LogP contribution in [0.5, 0.6) is 0 Å². The first-order valence-corrected chi connectivity index (χ1v) is 9.24. The lowest BCUT2D eigenvalue weighted by atomic mass is 9.91. The van der Waals surface area contributed by atoms with E-state index in [2.05, 4.69) is 0 Å². The van der Waals surface area contributed by atoms with E-state index in [1.807, 2.05) is 45.0 Å². The molecule has 0 aliphatic carbocycles. The lowest BCUT2D eigenvalue weighted by Gasteiger charge is -2.37. The molecule has 3 rings (SSSR count). The van der Waals surface area contributed by atoms with Crippen molar-refractivity contribution in [1.29, 1.82) is 0 Å². The maximum absolute atomic E-state index is 12.3. The van der Waals surface area contributed by atoms with Gasteiger partial charge in [-0.2, -0.15) is 0 Å². The molecule has 2 heterocycles. The van der Waals surface area contributed by atoms with Gasteiger partial charge in [0.25, 0.3) is 0 Å². The van der Waals surface area contributed by atoms with Gasteiger partial charge in [-0.25, -0.2) is 9.59 Å². The largest absolute Gasteiger partial charge is 0.444 e. The number of halogens is 1. The van der Waals surface area contributed by atoms with Gasteiger partial charge >= 0.3 is 12.2 Å². The van der Waals surface area contributed by atoms with Crippen LogP contribution in [0.2, 0.25) is 5.02 Å². The summed E-state index contributed by atoms with van der Waals surface area (Å²) < 4.78 is 11.1. The normalized spacial score (nSPS) is 19.6. The van der Waals surface area contributed by atoms with Crippen molar-refractivity contribution in [1.82, 2.24) is 9.80 Å². The Morgan fingerprint density at radius 1 is 1.23 bits per heavy atom. The second-order valence-electron chi connectivity index (χ2n) is 8.00. The van der Waals surface area contributed by atoms with Gasteiger partial charge in [0.05, 0.1) is 6.54 Å². The van der Waals surface area contributed by atoms with Crippen molar-refractivity contribution in [2.75, 3.05) is 19.6 Å². The number of ether oxygens (including phenoxy) is 2. The summed E-state index contributed by atoms with van der Waals surface area (Å²) in [6, 6.07) is 7.44. The van der Waals surface area contributed by atoms with Crippen molar-refractivity contribution >= 4 is 23.8 Å². The van der Waals surface area contributed by atoms with Crippen LogP contribution in [-0.2, 0) is 16.0 Å². The third-order valence-electron chi connectivity index (χ3n) is 4.65. The van der Waals surface area contributed by atoms with Crippen LogP contribution in [0.1, 0.15) is 39.2 Å². The van der Waals surface area contributed by atoms with Crippen molar-refractivity contribution in [2.45, 2.75) is 51.4 Å². The minimum absolute atomic E-state index is 0.300. The van der Waals surface area contributed by atoms with Crippen LogP contribution in [0.4, 0.5) is 9.59 Å². The summed E-state index contributed by atoms with van der Waals surface area (Å²) in [5.41, 5.74) is -0.0155. The number of hydrogen-bond donors (Lipinski definition) is 0. The van der Waals surface area contributed by atoms with E-state index >= 15 is 0 Å². The maximum atomic E-state index is 12.3. The van der Waals surface area contributed by atoms with Crippen molar-refractivity contribution in [3.8, 4) is 0 Å². The standard InChI is InChI=1S/C19H25ClN2O4/c1-18(2,3)25-16(23)21-10-8-19(9-11-21)13-22(17(24)26-19)12-14-4-6-15(20)7-5-14/h4-7H,8-13H2,1-3H3. The van der Waals surface area contributed by atoms with Crippen molar-refractivity contribution < 1.29 is 19.1 Å². The summed E-state index contributed by atoms with van der Waals surface area (Å²) in [6.45, 7) is 7.63. The highest BCUT2D eigenvalue weighted by molar-refractivity contribution is 6.30. The highest BCUT2D eigenvalue weighted by atomic mass is 35.5. The van der Waals surface area contributed by atoms with Gasteiger partial charge < -0.3 is 14.4 Å². The molecule has 2 aliphatic heterocycles. The predicted molar refractivity (Wildman–Crippen MR) is 98.1 cm³/mol. The summed E-state index contributed by atoms with van der Waals surface area (Å²) >= 11 is 5.91. The summed E-state index contributed by atoms with van der Waals surface area (Å²) in [5, 5.41) is 0.670. The van der Waals surface area contributed by atoms with E-state index in [0.717, 1.165) is 5.56 Å². The number of likely N-dealkylation sites (tertiary alicyclic amines) is 1. The second kappa shape index (κ2) is 6.99. The van der Waals surface area contributed by atoms with Gasteiger partial charge in [0.1, 0.15) is 11.2 Å². The van der Waals surface area contributed by atoms with E-state index in [-0.39, 0.29) is 12.2 Å². The molecule has 0 bridgehead atoms. The fraction of sp³-hybridized carbons (Fsp3) is 0.579. The lowest BCUT2D eigenvalue weighted by Crippen LogP contribution is -2.49. The van der Waals surface area contributed by atoms with Crippen molar-refractivity contribution in [3.05, 3.63) is 34.9 Å². The van der Waals surface area contributed by atoms with Gasteiger partial charge in [-0.05, 0) is 38.5 Å². The number of hydrogen-bond acceptors (Lipinski definition) is 4. The molecule has 0 unspecified atom stereocenters. The van der Waals surface area contributed by atoms with E-state index in [1.165, 1.54) is 0 Å². The molecule has 142 valence electrons. The van der Waals surface area contributed by atoms with E-state index in [9.17, 15) is 9.59 Å². The van der Waals surface area contributed by atoms with Gasteiger partial charge in [0, 0.05) is 37.5 Å². The summed E-state index contributed by atoms with van der Waals surface area (Å²) in [4.78, 5) is 27.9. The molecule has 0 N–H and O–H groups in total. The second-order valence-corrected chi connectivity index (χ2v) is 8.44. The Morgan fingerprint density at radius 3 is 2.42 bits per heavy atom. The Labute approximate surface area is 159 Å². The Kier molecular flexibility index (Phi) is 5.06. The highest BCUT2D eigenvalue weighted by Crippen LogP contribution is 2.34. The third kappa shape index (κ3) is 4.41. The SMILES string of the molecule is CC(C)(C)OC(=O)N1CCC2(CC1)CN(Cc1ccc(Cl)cc1)C(=O)O2. The molecule has 2 saturated heterocycles. The van der Waals surface area contributed by atoms with Gasteiger partial charge in [0.15, 0.2) is 0 Å². The minimum atomic E-state index is -0.512. The quantitative estimate of drug-likeness (QED) is 0.776. The first kappa shape index (κ1) is 18.8. The Morgan fingerprint density at radius 2 is 1.85 bits per heavy atom. The monoisotopic (exact) mass is 380 g/mol. The summed E-state index contributed by atoms with van der Waals surface area (Å²) in [6.07, 6.45) is 0.630. The molecule has 0 atom stereocenters. The summed E-state index contributed by atoms with van der Waals surface area (Å²) in [7, 11) is 0. The molecular weight excluding hydrogens is 356 g/mol. The molecule has 6 nitrogen and oxygen atoms in total. The molecule has 1 spiro atoms. The van der Waals surface area contributed by atoms with Crippen LogP contribution in [-0.4, -0.2) is 52.8 Å². The Hall–Kier alpha value is -1.95. The molecule has 2 amide bonds. The number of benzene rings is 1. The van der Waals surface area contributed by atoms with E-state index in [1.54, 1.807) is 9.80 Å². The molecule has 2 aliphatic rings. The van der Waals surface area contributed by atoms with E-state index in [4.69, 9.17) is 21.1 Å². The van der Waals surface area contributed by atoms with E-state index < -0.39 is 11.2 Å². The third-order valence-corrected chi connectivity index (χ3v) is 4.91. The smallest absolute Gasteiger partial charge is 0.410 e. The van der Waals surface area contributed by atoms with Crippen LogP contribution >= 0.6 is 11.6 Å². The molecule has 1 aromatic carbocycles. The van der Waals surface area contributed by atoms with E-state index in [0.29, 0.717) is 44.0 Å². The first-order chi connectivity index (χ1) is 12.2. The van der Waals surface area contributed by atoms with Crippen molar-refractivity contribution in [2.24, 2.45) is 0 Å². The number of carbonyl (C=O) groups is 2. The fourth-order valence-electron chi connectivity index (χ4n) is 3.31. The molecule has 1 aromatic rings. The Bertz CT molecular complexity index is 676. The number of nitrogens with zero attached hydrogens (tertiary/aromatic N) is 2. The van der Waals surface area contributed by atoms with Gasteiger partial charge in [0.2, 0.25) is 0 Å². The Balaban J connectivity index is 1.57. The lowest BCUT2D eigenvalue weighted by molar-refractivity contribution is -0.0170. The molecular formula is C19H25ClN2O4. The first-order valence-electron chi connectivity index (χ1n) is 8.86. The molecule has 7 heteroatoms. The van der Waals surface area contributed by atoms with Crippen LogP contribution < -0.4 is 0 Å². The van der Waals surface area contributed by atoms with Crippen LogP contribution in [0.15, 0.2) is 24.3 Å². The minimum Gasteiger partial charge on any atom is -0.444 e. The zero-order valence-corrected chi connectivity index (χ0v) is 16.2. The van der Waals surface area contributed by atoms with Crippen molar-refractivity contribution in [3.63, 3.8) is 0 Å². The predicted octanol–water partition coefficient (Wildman–Crippen LogP) is 4.06. The molecule has 2 fully saturated rings. The van der Waals surface area contributed by atoms with Gasteiger partial charge in [-0.1, -0.05) is 23.7 Å². The average molecular weight is 381 g/mol. The van der Waals surface area contributed by atoms with Crippen LogP contribution in [0.3, 0.4) is 0 Å². The van der Waals surface area contributed by atoms with Crippen LogP contribution in [0.25, 0.3) is 0 Å². The number of piperidine rings is 1. The molecule has 0 radical (unpaired) electrons. The number of carbonyl (C=O) groups excluding carboxylic acids is 2. The molecule has 0 aromatic heterocycles. The van der Waals surface area contributed by atoms with Gasteiger partial charge in [-0.15, -0.1) is 0 Å². The zero-order valence-electron chi connectivity index (χ0n) is 15.5. The highest BCUT2D eigenvalue weighted by Gasteiger charge is 2.47. The maximum Gasteiger partial charge on any atom is 0.410 e. The number of rotatable bonds is 2. The van der Waals surface area contributed by atoms with Crippen LogP contribution in [0, 0.1) is 0 Å². The van der Waals surface area contributed by atoms with Gasteiger partial charge in [-0.3, -0.25) is 4.90 Å².